The fraction of sp³-hybridized carbons (Fsp3) is 0.462. The highest BCUT2D eigenvalue weighted by atomic mass is 35.5. The first-order valence-corrected chi connectivity index (χ1v) is 12.4. The van der Waals surface area contributed by atoms with Gasteiger partial charge in [0.15, 0.2) is 17.3 Å². The monoisotopic (exact) mass is 484 g/mol. The molecule has 2 aliphatic rings. The third-order valence-electron chi connectivity index (χ3n) is 6.97. The molecular weight excluding hydrogens is 455 g/mol. The second kappa shape index (κ2) is 10.3. The summed E-state index contributed by atoms with van der Waals surface area (Å²) in [5.41, 5.74) is 0.930. The van der Waals surface area contributed by atoms with E-state index < -0.39 is 5.82 Å². The van der Waals surface area contributed by atoms with E-state index in [9.17, 15) is 4.39 Å². The molecule has 0 unspecified atom stereocenters. The van der Waals surface area contributed by atoms with Gasteiger partial charge in [-0.05, 0) is 69.8 Å². The number of hydrogen-bond donors (Lipinski definition) is 1. The second-order valence-electron chi connectivity index (χ2n) is 9.11. The average molecular weight is 485 g/mol. The molecule has 0 spiro atoms. The van der Waals surface area contributed by atoms with Crippen molar-refractivity contribution in [1.82, 2.24) is 14.9 Å². The maximum atomic E-state index is 14.5. The minimum atomic E-state index is -0.522. The topological polar surface area (TPSA) is 59.5 Å². The summed E-state index contributed by atoms with van der Waals surface area (Å²) in [6.45, 7) is 2.47. The number of piperidine rings is 1. The number of nitrogens with one attached hydrogen (secondary N) is 1. The van der Waals surface area contributed by atoms with Crippen molar-refractivity contribution in [3.8, 4) is 11.5 Å². The Kier molecular flexibility index (Phi) is 7.02. The first-order chi connectivity index (χ1) is 16.6. The predicted molar refractivity (Wildman–Crippen MR) is 133 cm³/mol. The summed E-state index contributed by atoms with van der Waals surface area (Å²) in [4.78, 5) is 11.4. The van der Waals surface area contributed by atoms with E-state index in [1.54, 1.807) is 19.2 Å². The van der Waals surface area contributed by atoms with Gasteiger partial charge in [-0.1, -0.05) is 24.1 Å². The smallest absolute Gasteiger partial charge is 0.165 e. The number of anilines is 2. The molecule has 1 aromatic heterocycles. The van der Waals surface area contributed by atoms with Gasteiger partial charge in [-0.15, -0.1) is 0 Å². The minimum absolute atomic E-state index is 0.0502. The zero-order valence-corrected chi connectivity index (χ0v) is 20.2. The van der Waals surface area contributed by atoms with Crippen LogP contribution in [0.3, 0.4) is 0 Å². The van der Waals surface area contributed by atoms with Crippen LogP contribution in [-0.2, 0) is 0 Å². The number of fused-ring (bicyclic) bond motifs is 1. The Hall–Kier alpha value is -2.64. The minimum Gasteiger partial charge on any atom is -0.493 e. The van der Waals surface area contributed by atoms with Crippen LogP contribution >= 0.6 is 11.6 Å². The van der Waals surface area contributed by atoms with Gasteiger partial charge in [0.1, 0.15) is 12.1 Å². The molecular formula is C26H30ClFN4O2. The summed E-state index contributed by atoms with van der Waals surface area (Å²) >= 11 is 5.94. The molecule has 1 saturated heterocycles. The lowest BCUT2D eigenvalue weighted by atomic mass is 9.90. The van der Waals surface area contributed by atoms with Gasteiger partial charge >= 0.3 is 0 Å². The summed E-state index contributed by atoms with van der Waals surface area (Å²) < 4.78 is 26.5. The Morgan fingerprint density at radius 3 is 2.59 bits per heavy atom. The van der Waals surface area contributed by atoms with Gasteiger partial charge in [0, 0.05) is 17.5 Å². The zero-order valence-electron chi connectivity index (χ0n) is 19.4. The number of rotatable bonds is 6. The van der Waals surface area contributed by atoms with Crippen LogP contribution in [-0.4, -0.2) is 47.2 Å². The van der Waals surface area contributed by atoms with E-state index >= 15 is 0 Å². The first-order valence-electron chi connectivity index (χ1n) is 12.1. The van der Waals surface area contributed by atoms with Crippen LogP contribution in [0.25, 0.3) is 10.9 Å². The molecule has 2 heterocycles. The normalized spacial score (nSPS) is 21.4. The molecule has 180 valence electrons. The van der Waals surface area contributed by atoms with Crippen molar-refractivity contribution in [2.75, 3.05) is 25.5 Å². The number of aromatic nitrogens is 2. The molecule has 34 heavy (non-hydrogen) atoms. The van der Waals surface area contributed by atoms with E-state index in [2.05, 4.69) is 20.2 Å². The Morgan fingerprint density at radius 1 is 1.03 bits per heavy atom. The van der Waals surface area contributed by atoms with Gasteiger partial charge in [-0.25, -0.2) is 14.4 Å². The summed E-state index contributed by atoms with van der Waals surface area (Å²) in [7, 11) is 1.63. The molecule has 1 saturated carbocycles. The van der Waals surface area contributed by atoms with E-state index in [1.165, 1.54) is 44.7 Å². The highest BCUT2D eigenvalue weighted by Crippen LogP contribution is 2.38. The van der Waals surface area contributed by atoms with Crippen LogP contribution in [0, 0.1) is 5.82 Å². The van der Waals surface area contributed by atoms with Crippen molar-refractivity contribution in [2.24, 2.45) is 0 Å². The average Bonchev–Trinajstić information content (AvgIpc) is 2.88. The Morgan fingerprint density at radius 2 is 1.82 bits per heavy atom. The highest BCUT2D eigenvalue weighted by Gasteiger charge is 2.28. The molecule has 0 radical (unpaired) electrons. The van der Waals surface area contributed by atoms with Crippen LogP contribution in [0.1, 0.15) is 44.9 Å². The number of hydrogen-bond acceptors (Lipinski definition) is 6. The summed E-state index contributed by atoms with van der Waals surface area (Å²) in [5, 5.41) is 3.83. The van der Waals surface area contributed by atoms with E-state index in [4.69, 9.17) is 21.1 Å². The predicted octanol–water partition coefficient (Wildman–Crippen LogP) is 6.35. The molecule has 8 heteroatoms. The zero-order chi connectivity index (χ0) is 23.5. The largest absolute Gasteiger partial charge is 0.493 e. The Balaban J connectivity index is 1.36. The molecule has 6 nitrogen and oxygen atoms in total. The molecule has 2 fully saturated rings. The fourth-order valence-corrected chi connectivity index (χ4v) is 5.31. The lowest BCUT2D eigenvalue weighted by molar-refractivity contribution is 0.0757. The molecule has 1 aliphatic heterocycles. The summed E-state index contributed by atoms with van der Waals surface area (Å²) in [5.74, 6) is 1.24. The van der Waals surface area contributed by atoms with Gasteiger partial charge in [-0.2, -0.15) is 0 Å². The third-order valence-corrected chi connectivity index (χ3v) is 7.26. The van der Waals surface area contributed by atoms with Gasteiger partial charge in [0.2, 0.25) is 0 Å². The van der Waals surface area contributed by atoms with E-state index in [1.807, 2.05) is 12.1 Å². The van der Waals surface area contributed by atoms with Crippen LogP contribution in [0.5, 0.6) is 11.5 Å². The van der Waals surface area contributed by atoms with Crippen molar-refractivity contribution >= 4 is 34.0 Å². The van der Waals surface area contributed by atoms with Crippen LogP contribution in [0.4, 0.5) is 15.9 Å². The number of halogens is 2. The van der Waals surface area contributed by atoms with Gasteiger partial charge in [0.25, 0.3) is 0 Å². The molecule has 5 rings (SSSR count). The maximum absolute atomic E-state index is 14.5. The Bertz CT molecular complexity index is 1150. The lowest BCUT2D eigenvalue weighted by Gasteiger charge is -2.38. The molecule has 1 aliphatic carbocycles. The van der Waals surface area contributed by atoms with E-state index in [-0.39, 0.29) is 16.8 Å². The highest BCUT2D eigenvalue weighted by molar-refractivity contribution is 6.31. The quantitative estimate of drug-likeness (QED) is 0.440. The first kappa shape index (κ1) is 23.1. The van der Waals surface area contributed by atoms with Crippen molar-refractivity contribution in [2.45, 2.75) is 57.1 Å². The molecule has 0 amide bonds. The van der Waals surface area contributed by atoms with Crippen molar-refractivity contribution in [3.63, 3.8) is 0 Å². The van der Waals surface area contributed by atoms with Gasteiger partial charge < -0.3 is 19.7 Å². The van der Waals surface area contributed by atoms with Gasteiger partial charge in [0.05, 0.1) is 29.4 Å². The molecule has 1 N–H and O–H groups in total. The molecule has 2 aromatic carbocycles. The number of methoxy groups -OCH3 is 1. The lowest BCUT2D eigenvalue weighted by Crippen LogP contribution is -2.42. The maximum Gasteiger partial charge on any atom is 0.165 e. The SMILES string of the molecule is COc1cc2ncnc(Nc3cccc(Cl)c3F)c2cc1O[C@H]1CC[C@H](N2CCCCC2)CC1. The number of ether oxygens (including phenoxy) is 2. The molecule has 3 aromatic rings. The Labute approximate surface area is 204 Å². The van der Waals surface area contributed by atoms with Crippen LogP contribution < -0.4 is 14.8 Å². The fourth-order valence-electron chi connectivity index (χ4n) is 5.13. The third kappa shape index (κ3) is 4.91. The van der Waals surface area contributed by atoms with Crippen LogP contribution in [0.15, 0.2) is 36.7 Å². The number of benzene rings is 2. The van der Waals surface area contributed by atoms with Crippen LogP contribution in [0.2, 0.25) is 5.02 Å². The van der Waals surface area contributed by atoms with E-state index in [0.717, 1.165) is 31.1 Å². The number of nitrogens with zero attached hydrogens (tertiary/aromatic N) is 3. The molecule has 0 bridgehead atoms. The number of likely N-dealkylation sites (tertiary alicyclic amines) is 1. The molecule has 0 atom stereocenters. The standard InChI is InChI=1S/C26H30ClFN4O2/c1-33-23-15-22-19(26(30-16-29-22)31-21-7-5-6-20(27)25(21)28)14-24(23)34-18-10-8-17(9-11-18)32-12-3-2-4-13-32/h5-7,14-18H,2-4,8-13H2,1H3,(H,29,30,31)/t17-,18-. The summed E-state index contributed by atoms with van der Waals surface area (Å²) in [6.07, 6.45) is 9.94. The van der Waals surface area contributed by atoms with E-state index in [0.29, 0.717) is 28.9 Å². The second-order valence-corrected chi connectivity index (χ2v) is 9.52. The summed E-state index contributed by atoms with van der Waals surface area (Å²) in [6, 6.07) is 9.22. The van der Waals surface area contributed by atoms with Crippen molar-refractivity contribution < 1.29 is 13.9 Å². The van der Waals surface area contributed by atoms with Crippen molar-refractivity contribution in [3.05, 3.63) is 47.5 Å². The van der Waals surface area contributed by atoms with Crippen molar-refractivity contribution in [1.29, 1.82) is 0 Å². The van der Waals surface area contributed by atoms with Gasteiger partial charge in [-0.3, -0.25) is 0 Å².